The van der Waals surface area contributed by atoms with Gasteiger partial charge in [0.1, 0.15) is 0 Å². The molecule has 7 heteroatoms. The van der Waals surface area contributed by atoms with Crippen LogP contribution in [0.5, 0.6) is 0 Å². The van der Waals surface area contributed by atoms with Gasteiger partial charge in [0.15, 0.2) is 5.69 Å². The minimum absolute atomic E-state index is 0.0270. The molecule has 2 aromatic rings. The number of nitrogens with zero attached hydrogens (tertiary/aromatic N) is 3. The second kappa shape index (κ2) is 5.71. The molecule has 0 aliphatic carbocycles. The molecule has 0 saturated heterocycles. The van der Waals surface area contributed by atoms with Gasteiger partial charge in [-0.2, -0.15) is 0 Å². The molecule has 0 saturated carbocycles. The van der Waals surface area contributed by atoms with Gasteiger partial charge < -0.3 is 5.11 Å². The minimum Gasteiger partial charge on any atom is -0.476 e. The number of aromatic carboxylic acids is 1. The van der Waals surface area contributed by atoms with Crippen molar-refractivity contribution >= 4 is 33.5 Å². The quantitative estimate of drug-likeness (QED) is 0.923. The van der Waals surface area contributed by atoms with E-state index >= 15 is 0 Å². The summed E-state index contributed by atoms with van der Waals surface area (Å²) in [6.45, 7) is 1.96. The number of carboxylic acid groups (broad SMARTS) is 1. The normalized spacial score (nSPS) is 10.7. The van der Waals surface area contributed by atoms with Crippen molar-refractivity contribution in [1.82, 2.24) is 15.0 Å². The maximum Gasteiger partial charge on any atom is 0.358 e. The smallest absolute Gasteiger partial charge is 0.358 e. The first-order valence-corrected chi connectivity index (χ1v) is 6.85. The van der Waals surface area contributed by atoms with Crippen LogP contribution in [0.4, 0.5) is 0 Å². The Morgan fingerprint density at radius 1 is 1.53 bits per heavy atom. The number of aromatic nitrogens is 3. The van der Waals surface area contributed by atoms with E-state index in [4.69, 9.17) is 16.7 Å². The number of hydrogen-bond donors (Lipinski definition) is 1. The molecule has 0 bridgehead atoms. The first-order valence-electron chi connectivity index (χ1n) is 5.68. The van der Waals surface area contributed by atoms with Gasteiger partial charge in [-0.15, -0.1) is 5.10 Å². The van der Waals surface area contributed by atoms with Crippen molar-refractivity contribution in [2.45, 2.75) is 19.8 Å². The van der Waals surface area contributed by atoms with E-state index in [1.807, 2.05) is 13.0 Å². The Labute approximate surface area is 123 Å². The number of carboxylic acids is 1. The van der Waals surface area contributed by atoms with E-state index in [9.17, 15) is 4.79 Å². The zero-order valence-electron chi connectivity index (χ0n) is 10.1. The third kappa shape index (κ3) is 2.79. The predicted octanol–water partition coefficient (Wildman–Crippen LogP) is 3.33. The lowest BCUT2D eigenvalue weighted by molar-refractivity contribution is 0.0689. The molecule has 0 aliphatic rings. The molecule has 0 atom stereocenters. The number of benzene rings is 1. The molecule has 1 aromatic heterocycles. The summed E-state index contributed by atoms with van der Waals surface area (Å²) >= 11 is 9.48. The third-order valence-electron chi connectivity index (χ3n) is 2.59. The standard InChI is InChI=1S/C12H11BrClN3O2/c1-2-3-10-11(12(18)19)15-16-17(10)9-5-4-7(13)6-8(9)14/h4-6H,2-3H2,1H3,(H,18,19). The molecule has 0 fully saturated rings. The van der Waals surface area contributed by atoms with Crippen LogP contribution >= 0.6 is 27.5 Å². The summed E-state index contributed by atoms with van der Waals surface area (Å²) in [4.78, 5) is 11.1. The van der Waals surface area contributed by atoms with Crippen molar-refractivity contribution in [3.05, 3.63) is 39.1 Å². The van der Waals surface area contributed by atoms with Crippen LogP contribution in [0.15, 0.2) is 22.7 Å². The Bertz CT molecular complexity index is 627. The maximum absolute atomic E-state index is 11.1. The highest BCUT2D eigenvalue weighted by molar-refractivity contribution is 9.10. The molecule has 1 aromatic carbocycles. The highest BCUT2D eigenvalue weighted by Crippen LogP contribution is 2.26. The summed E-state index contributed by atoms with van der Waals surface area (Å²) in [7, 11) is 0. The van der Waals surface area contributed by atoms with Crippen molar-refractivity contribution < 1.29 is 9.90 Å². The molecule has 0 aliphatic heterocycles. The summed E-state index contributed by atoms with van der Waals surface area (Å²) < 4.78 is 2.33. The van der Waals surface area contributed by atoms with Gasteiger partial charge in [0.25, 0.3) is 0 Å². The van der Waals surface area contributed by atoms with Crippen LogP contribution in [0, 0.1) is 0 Å². The SMILES string of the molecule is CCCc1c(C(=O)O)nnn1-c1ccc(Br)cc1Cl. The van der Waals surface area contributed by atoms with Crippen LogP contribution in [0.25, 0.3) is 5.69 Å². The molecule has 1 N–H and O–H groups in total. The number of carbonyl (C=O) groups is 1. The van der Waals surface area contributed by atoms with Crippen molar-refractivity contribution in [3.8, 4) is 5.69 Å². The topological polar surface area (TPSA) is 68.0 Å². The number of hydrogen-bond acceptors (Lipinski definition) is 3. The monoisotopic (exact) mass is 343 g/mol. The largest absolute Gasteiger partial charge is 0.476 e. The van der Waals surface area contributed by atoms with E-state index in [1.54, 1.807) is 12.1 Å². The van der Waals surface area contributed by atoms with E-state index in [0.717, 1.165) is 10.9 Å². The molecule has 0 unspecified atom stereocenters. The lowest BCUT2D eigenvalue weighted by Crippen LogP contribution is -2.07. The number of halogens is 2. The maximum atomic E-state index is 11.1. The highest BCUT2D eigenvalue weighted by Gasteiger charge is 2.20. The van der Waals surface area contributed by atoms with E-state index in [2.05, 4.69) is 26.2 Å². The van der Waals surface area contributed by atoms with E-state index in [-0.39, 0.29) is 5.69 Å². The fraction of sp³-hybridized carbons (Fsp3) is 0.250. The van der Waals surface area contributed by atoms with Crippen LogP contribution in [0.3, 0.4) is 0 Å². The summed E-state index contributed by atoms with van der Waals surface area (Å²) in [5.74, 6) is -1.08. The zero-order chi connectivity index (χ0) is 14.0. The average Bonchev–Trinajstić information content (AvgIpc) is 2.73. The first-order chi connectivity index (χ1) is 9.04. The summed E-state index contributed by atoms with van der Waals surface area (Å²) in [6.07, 6.45) is 1.36. The molecule has 2 rings (SSSR count). The predicted molar refractivity (Wildman–Crippen MR) is 75.0 cm³/mol. The van der Waals surface area contributed by atoms with Gasteiger partial charge in [0.05, 0.1) is 16.4 Å². The van der Waals surface area contributed by atoms with Gasteiger partial charge in [0, 0.05) is 4.47 Å². The van der Waals surface area contributed by atoms with E-state index in [1.165, 1.54) is 4.68 Å². The zero-order valence-corrected chi connectivity index (χ0v) is 12.4. The van der Waals surface area contributed by atoms with Gasteiger partial charge in [-0.3, -0.25) is 0 Å². The molecular formula is C12H11BrClN3O2. The second-order valence-corrected chi connectivity index (χ2v) is 5.27. The van der Waals surface area contributed by atoms with Crippen LogP contribution in [0.1, 0.15) is 29.5 Å². The summed E-state index contributed by atoms with van der Waals surface area (Å²) in [6, 6.07) is 5.32. The van der Waals surface area contributed by atoms with Crippen molar-refractivity contribution in [2.24, 2.45) is 0 Å². The number of rotatable bonds is 4. The van der Waals surface area contributed by atoms with Crippen LogP contribution in [-0.2, 0) is 6.42 Å². The molecule has 100 valence electrons. The van der Waals surface area contributed by atoms with Crippen molar-refractivity contribution in [1.29, 1.82) is 0 Å². The lowest BCUT2D eigenvalue weighted by Gasteiger charge is -2.08. The Kier molecular flexibility index (Phi) is 4.21. The Morgan fingerprint density at radius 3 is 2.84 bits per heavy atom. The second-order valence-electron chi connectivity index (χ2n) is 3.95. The highest BCUT2D eigenvalue weighted by atomic mass is 79.9. The first kappa shape index (κ1) is 14.0. The summed E-state index contributed by atoms with van der Waals surface area (Å²) in [5, 5.41) is 17.2. The molecular weight excluding hydrogens is 334 g/mol. The van der Waals surface area contributed by atoms with Crippen LogP contribution in [0.2, 0.25) is 5.02 Å². The fourth-order valence-electron chi connectivity index (χ4n) is 1.78. The van der Waals surface area contributed by atoms with Gasteiger partial charge in [0.2, 0.25) is 0 Å². The van der Waals surface area contributed by atoms with Gasteiger partial charge >= 0.3 is 5.97 Å². The molecule has 0 amide bonds. The summed E-state index contributed by atoms with van der Waals surface area (Å²) in [5.41, 5.74) is 1.15. The molecule has 0 spiro atoms. The van der Waals surface area contributed by atoms with Gasteiger partial charge in [-0.1, -0.05) is 46.1 Å². The molecule has 0 radical (unpaired) electrons. The van der Waals surface area contributed by atoms with Gasteiger partial charge in [-0.05, 0) is 24.6 Å². The third-order valence-corrected chi connectivity index (χ3v) is 3.39. The average molecular weight is 345 g/mol. The minimum atomic E-state index is -1.08. The van der Waals surface area contributed by atoms with Gasteiger partial charge in [-0.25, -0.2) is 9.48 Å². The van der Waals surface area contributed by atoms with Crippen molar-refractivity contribution in [2.75, 3.05) is 0 Å². The lowest BCUT2D eigenvalue weighted by atomic mass is 10.2. The Hall–Kier alpha value is -1.40. The molecule has 5 nitrogen and oxygen atoms in total. The Morgan fingerprint density at radius 2 is 2.26 bits per heavy atom. The van der Waals surface area contributed by atoms with E-state index in [0.29, 0.717) is 22.8 Å². The van der Waals surface area contributed by atoms with Crippen molar-refractivity contribution in [3.63, 3.8) is 0 Å². The molecule has 1 heterocycles. The molecule has 19 heavy (non-hydrogen) atoms. The Balaban J connectivity index is 2.58. The fourth-order valence-corrected chi connectivity index (χ4v) is 2.53. The van der Waals surface area contributed by atoms with Crippen LogP contribution in [-0.4, -0.2) is 26.1 Å². The van der Waals surface area contributed by atoms with E-state index < -0.39 is 5.97 Å². The van der Waals surface area contributed by atoms with Crippen LogP contribution < -0.4 is 0 Å².